The van der Waals surface area contributed by atoms with Gasteiger partial charge in [-0.15, -0.1) is 0 Å². The molecule has 0 atom stereocenters. The lowest BCUT2D eigenvalue weighted by Gasteiger charge is -2.05. The van der Waals surface area contributed by atoms with Gasteiger partial charge in [0, 0.05) is 19.2 Å². The fourth-order valence-corrected chi connectivity index (χ4v) is 2.67. The van der Waals surface area contributed by atoms with Crippen LogP contribution >= 0.6 is 0 Å². The molecule has 0 bridgehead atoms. The zero-order chi connectivity index (χ0) is 14.5. The summed E-state index contributed by atoms with van der Waals surface area (Å²) in [7, 11) is -2.49. The lowest BCUT2D eigenvalue weighted by molar-refractivity contribution is 0.0563. The van der Waals surface area contributed by atoms with Gasteiger partial charge in [0.15, 0.2) is 0 Å². The van der Waals surface area contributed by atoms with Crippen LogP contribution in [0.4, 0.5) is 0 Å². The molecule has 8 heteroatoms. The number of hydrogen-bond donors (Lipinski definition) is 2. The van der Waals surface area contributed by atoms with Crippen molar-refractivity contribution >= 4 is 16.0 Å². The average molecular weight is 290 g/mol. The number of nitrogens with one attached hydrogen (secondary N) is 2. The summed E-state index contributed by atoms with van der Waals surface area (Å²) in [6.45, 7) is 4.95. The van der Waals surface area contributed by atoms with Gasteiger partial charge in [-0.25, -0.2) is 17.9 Å². The minimum absolute atomic E-state index is 0.0515. The summed E-state index contributed by atoms with van der Waals surface area (Å²) in [6.07, 6.45) is 0. The number of carbonyl (C=O) groups excluding carboxylic acids is 1. The van der Waals surface area contributed by atoms with Crippen LogP contribution in [0.3, 0.4) is 0 Å². The molecule has 0 saturated heterocycles. The Kier molecular flexibility index (Phi) is 5.52. The lowest BCUT2D eigenvalue weighted by atomic mass is 10.4. The third-order valence-corrected chi connectivity index (χ3v) is 3.96. The van der Waals surface area contributed by atoms with Crippen LogP contribution < -0.4 is 10.0 Å². The summed E-state index contributed by atoms with van der Waals surface area (Å²) in [5.74, 6) is -0.694. The number of methoxy groups -OCH3 is 1. The standard InChI is InChI=1S/C11H18N2O5S/c1-4-12-5-6-13-19(15,16)10-7-9(11(14)17-3)18-8(10)2/h7,12-13H,4-6H2,1-3H3. The Hall–Kier alpha value is -1.38. The van der Waals surface area contributed by atoms with Crippen molar-refractivity contribution in [1.82, 2.24) is 10.0 Å². The number of sulfonamides is 1. The molecule has 1 rings (SSSR count). The second-order valence-electron chi connectivity index (χ2n) is 3.77. The normalized spacial score (nSPS) is 11.5. The van der Waals surface area contributed by atoms with Gasteiger partial charge in [-0.3, -0.25) is 0 Å². The first kappa shape index (κ1) is 15.7. The van der Waals surface area contributed by atoms with Gasteiger partial charge in [0.1, 0.15) is 10.7 Å². The fraction of sp³-hybridized carbons (Fsp3) is 0.545. The molecule has 1 aromatic rings. The monoisotopic (exact) mass is 290 g/mol. The average Bonchev–Trinajstić information content (AvgIpc) is 2.76. The molecule has 2 N–H and O–H groups in total. The van der Waals surface area contributed by atoms with Crippen LogP contribution in [0, 0.1) is 6.92 Å². The fourth-order valence-electron chi connectivity index (χ4n) is 1.46. The van der Waals surface area contributed by atoms with Crippen molar-refractivity contribution in [1.29, 1.82) is 0 Å². The van der Waals surface area contributed by atoms with Gasteiger partial charge in [0.2, 0.25) is 15.8 Å². The van der Waals surface area contributed by atoms with Crippen LogP contribution in [0.1, 0.15) is 23.2 Å². The molecule has 0 radical (unpaired) electrons. The highest BCUT2D eigenvalue weighted by Gasteiger charge is 2.23. The molecule has 7 nitrogen and oxygen atoms in total. The van der Waals surface area contributed by atoms with Crippen molar-refractivity contribution < 1.29 is 22.4 Å². The van der Waals surface area contributed by atoms with E-state index in [9.17, 15) is 13.2 Å². The predicted molar refractivity (Wildman–Crippen MR) is 68.5 cm³/mol. The topological polar surface area (TPSA) is 97.6 Å². The van der Waals surface area contributed by atoms with Crippen LogP contribution in [-0.4, -0.2) is 41.1 Å². The molecule has 0 unspecified atom stereocenters. The summed E-state index contributed by atoms with van der Waals surface area (Å²) in [4.78, 5) is 11.2. The summed E-state index contributed by atoms with van der Waals surface area (Å²) >= 11 is 0. The molecule has 0 fully saturated rings. The smallest absolute Gasteiger partial charge is 0.373 e. The summed E-state index contributed by atoms with van der Waals surface area (Å²) in [5.41, 5.74) is 0. The molecule has 0 saturated carbocycles. The van der Waals surface area contributed by atoms with Crippen molar-refractivity contribution in [3.8, 4) is 0 Å². The zero-order valence-corrected chi connectivity index (χ0v) is 12.0. The maximum atomic E-state index is 12.0. The zero-order valence-electron chi connectivity index (χ0n) is 11.1. The van der Waals surface area contributed by atoms with Crippen molar-refractivity contribution in [2.24, 2.45) is 0 Å². The summed E-state index contributed by atoms with van der Waals surface area (Å²) in [5, 5.41) is 2.99. The number of furan rings is 1. The van der Waals surface area contributed by atoms with E-state index < -0.39 is 16.0 Å². The van der Waals surface area contributed by atoms with E-state index in [2.05, 4.69) is 14.8 Å². The Balaban J connectivity index is 2.83. The van der Waals surface area contributed by atoms with E-state index in [0.717, 1.165) is 12.6 Å². The van der Waals surface area contributed by atoms with Crippen LogP contribution in [0.25, 0.3) is 0 Å². The number of aryl methyl sites for hydroxylation is 1. The van der Waals surface area contributed by atoms with E-state index in [1.54, 1.807) is 0 Å². The number of rotatable bonds is 7. The molecule has 0 aliphatic heterocycles. The van der Waals surface area contributed by atoms with Crippen LogP contribution in [0.15, 0.2) is 15.4 Å². The van der Waals surface area contributed by atoms with Gasteiger partial charge < -0.3 is 14.5 Å². The van der Waals surface area contributed by atoms with Gasteiger partial charge in [-0.05, 0) is 13.5 Å². The molecule has 1 heterocycles. The van der Waals surface area contributed by atoms with Gasteiger partial charge in [0.05, 0.1) is 7.11 Å². The first-order valence-corrected chi connectivity index (χ1v) is 7.29. The molecule has 0 spiro atoms. The Morgan fingerprint density at radius 1 is 1.42 bits per heavy atom. The summed E-state index contributed by atoms with van der Waals surface area (Å²) in [6, 6.07) is 1.16. The lowest BCUT2D eigenvalue weighted by Crippen LogP contribution is -2.31. The Morgan fingerprint density at radius 2 is 2.11 bits per heavy atom. The largest absolute Gasteiger partial charge is 0.463 e. The van der Waals surface area contributed by atoms with Gasteiger partial charge in [-0.2, -0.15) is 0 Å². The number of hydrogen-bond acceptors (Lipinski definition) is 6. The quantitative estimate of drug-likeness (QED) is 0.552. The maximum Gasteiger partial charge on any atom is 0.373 e. The van der Waals surface area contributed by atoms with Crippen molar-refractivity contribution in [3.05, 3.63) is 17.6 Å². The molecular formula is C11H18N2O5S. The Labute approximate surface area is 112 Å². The van der Waals surface area contributed by atoms with E-state index in [4.69, 9.17) is 4.42 Å². The van der Waals surface area contributed by atoms with Crippen LogP contribution in [0.5, 0.6) is 0 Å². The highest BCUT2D eigenvalue weighted by molar-refractivity contribution is 7.89. The van der Waals surface area contributed by atoms with E-state index >= 15 is 0 Å². The first-order valence-electron chi connectivity index (χ1n) is 5.81. The predicted octanol–water partition coefficient (Wildman–Crippen LogP) is 0.262. The van der Waals surface area contributed by atoms with E-state index in [-0.39, 0.29) is 23.0 Å². The highest BCUT2D eigenvalue weighted by atomic mass is 32.2. The second kappa shape index (κ2) is 6.69. The molecule has 0 aliphatic rings. The second-order valence-corrected chi connectivity index (χ2v) is 5.51. The first-order chi connectivity index (χ1) is 8.92. The maximum absolute atomic E-state index is 12.0. The van der Waals surface area contributed by atoms with Gasteiger partial charge in [0.25, 0.3) is 0 Å². The van der Waals surface area contributed by atoms with Crippen molar-refractivity contribution in [2.75, 3.05) is 26.7 Å². The Bertz CT molecular complexity index is 535. The molecule has 1 aromatic heterocycles. The minimum Gasteiger partial charge on any atom is -0.463 e. The summed E-state index contributed by atoms with van der Waals surface area (Å²) < 4.78 is 35.9. The van der Waals surface area contributed by atoms with E-state index in [1.807, 2.05) is 6.92 Å². The highest BCUT2D eigenvalue weighted by Crippen LogP contribution is 2.20. The molecule has 19 heavy (non-hydrogen) atoms. The number of esters is 1. The number of likely N-dealkylation sites (N-methyl/N-ethyl adjacent to an activating group) is 1. The molecule has 0 amide bonds. The number of ether oxygens (including phenoxy) is 1. The van der Waals surface area contributed by atoms with E-state index in [0.29, 0.717) is 6.54 Å². The van der Waals surface area contributed by atoms with Gasteiger partial charge in [-0.1, -0.05) is 6.92 Å². The molecular weight excluding hydrogens is 272 g/mol. The molecule has 0 aliphatic carbocycles. The SMILES string of the molecule is CCNCCNS(=O)(=O)c1cc(C(=O)OC)oc1C. The van der Waals surface area contributed by atoms with Crippen molar-refractivity contribution in [2.45, 2.75) is 18.7 Å². The molecule has 108 valence electrons. The van der Waals surface area contributed by atoms with E-state index in [1.165, 1.54) is 14.0 Å². The van der Waals surface area contributed by atoms with Crippen molar-refractivity contribution in [3.63, 3.8) is 0 Å². The third-order valence-electron chi connectivity index (χ3n) is 2.39. The Morgan fingerprint density at radius 3 is 2.68 bits per heavy atom. The van der Waals surface area contributed by atoms with Crippen LogP contribution in [-0.2, 0) is 14.8 Å². The third kappa shape index (κ3) is 4.05. The molecule has 0 aromatic carbocycles. The number of carbonyl (C=O) groups is 1. The minimum atomic E-state index is -3.68. The van der Waals surface area contributed by atoms with Gasteiger partial charge >= 0.3 is 5.97 Å². The van der Waals surface area contributed by atoms with Crippen LogP contribution in [0.2, 0.25) is 0 Å².